The average molecular weight is 413 g/mol. The third kappa shape index (κ3) is 6.18. The van der Waals surface area contributed by atoms with Crippen LogP contribution in [-0.4, -0.2) is 16.0 Å². The zero-order valence-electron chi connectivity index (χ0n) is 20.3. The molecule has 0 aliphatic rings. The summed E-state index contributed by atoms with van der Waals surface area (Å²) in [6.45, 7) is 19.3. The molecule has 2 aromatic rings. The lowest BCUT2D eigenvalue weighted by Crippen LogP contribution is -2.60. The van der Waals surface area contributed by atoms with Crippen molar-refractivity contribution in [3.63, 3.8) is 0 Å². The Labute approximate surface area is 182 Å². The van der Waals surface area contributed by atoms with Gasteiger partial charge in [-0.15, -0.1) is 0 Å². The van der Waals surface area contributed by atoms with Crippen LogP contribution in [0.15, 0.2) is 47.7 Å². The van der Waals surface area contributed by atoms with E-state index >= 15 is 0 Å². The summed E-state index contributed by atoms with van der Waals surface area (Å²) in [6, 6.07) is 9.41. The highest BCUT2D eigenvalue weighted by Gasteiger charge is 2.40. The lowest BCUT2D eigenvalue weighted by atomic mass is 9.81. The predicted molar refractivity (Wildman–Crippen MR) is 123 cm³/mol. The summed E-state index contributed by atoms with van der Waals surface area (Å²) < 4.78 is 4.15. The molecule has 0 unspecified atom stereocenters. The number of imidazole rings is 1. The SMILES string of the molecule is CC(C)(C)CC(C)(C)n1cc[n+](C(C)(C)CC(C)(C)N)c1C([O-])=Nc1ccccc1. The Hall–Kier alpha value is -2.14. The number of hydrogen-bond acceptors (Lipinski definition) is 3. The summed E-state index contributed by atoms with van der Waals surface area (Å²) in [4.78, 5) is 4.43. The van der Waals surface area contributed by atoms with Crippen molar-refractivity contribution < 1.29 is 9.67 Å². The second-order valence-electron chi connectivity index (χ2n) is 11.6. The van der Waals surface area contributed by atoms with E-state index in [2.05, 4.69) is 62.6 Å². The number of aromatic nitrogens is 2. The molecule has 5 nitrogen and oxygen atoms in total. The van der Waals surface area contributed by atoms with Gasteiger partial charge in [0, 0.05) is 12.0 Å². The molecular weight excluding hydrogens is 372 g/mol. The number of rotatable bonds is 7. The van der Waals surface area contributed by atoms with Crippen LogP contribution in [0.3, 0.4) is 0 Å². The van der Waals surface area contributed by atoms with E-state index in [1.165, 1.54) is 0 Å². The van der Waals surface area contributed by atoms with Crippen molar-refractivity contribution in [3.05, 3.63) is 48.5 Å². The van der Waals surface area contributed by atoms with Crippen molar-refractivity contribution in [2.45, 2.75) is 91.8 Å². The zero-order chi connectivity index (χ0) is 23.0. The molecule has 0 saturated carbocycles. The summed E-state index contributed by atoms with van der Waals surface area (Å²) in [5, 5.41) is 13.5. The Morgan fingerprint density at radius 2 is 1.53 bits per heavy atom. The van der Waals surface area contributed by atoms with Gasteiger partial charge in [0.25, 0.3) is 5.82 Å². The molecule has 0 aliphatic heterocycles. The fourth-order valence-electron chi connectivity index (χ4n) is 4.83. The van der Waals surface area contributed by atoms with Crippen molar-refractivity contribution in [3.8, 4) is 0 Å². The summed E-state index contributed by atoms with van der Waals surface area (Å²) in [6.07, 6.45) is 5.66. The maximum Gasteiger partial charge on any atom is 0.293 e. The van der Waals surface area contributed by atoms with Gasteiger partial charge in [0.1, 0.15) is 23.5 Å². The predicted octanol–water partition coefficient (Wildman–Crippen LogP) is 4.25. The van der Waals surface area contributed by atoms with E-state index in [1.54, 1.807) is 0 Å². The Morgan fingerprint density at radius 3 is 2.03 bits per heavy atom. The summed E-state index contributed by atoms with van der Waals surface area (Å²) >= 11 is 0. The van der Waals surface area contributed by atoms with E-state index in [0.717, 1.165) is 12.8 Å². The molecule has 0 atom stereocenters. The third-order valence-electron chi connectivity index (χ3n) is 5.15. The number of nitrogens with zero attached hydrogens (tertiary/aromatic N) is 3. The van der Waals surface area contributed by atoms with Crippen LogP contribution in [0, 0.1) is 5.41 Å². The molecule has 2 N–H and O–H groups in total. The molecule has 0 fully saturated rings. The van der Waals surface area contributed by atoms with Gasteiger partial charge in [0.05, 0.1) is 11.6 Å². The molecular formula is C25H40N4O. The van der Waals surface area contributed by atoms with Gasteiger partial charge in [0.2, 0.25) is 0 Å². The van der Waals surface area contributed by atoms with Crippen LogP contribution in [0.25, 0.3) is 0 Å². The van der Waals surface area contributed by atoms with Crippen LogP contribution in [-0.2, 0) is 11.1 Å². The Kier molecular flexibility index (Phi) is 6.58. The molecule has 0 bridgehead atoms. The number of hydrogen-bond donors (Lipinski definition) is 1. The number of para-hydroxylation sites is 1. The molecule has 30 heavy (non-hydrogen) atoms. The molecule has 2 rings (SSSR count). The highest BCUT2D eigenvalue weighted by molar-refractivity contribution is 5.87. The first kappa shape index (κ1) is 24.1. The van der Waals surface area contributed by atoms with Gasteiger partial charge in [-0.1, -0.05) is 39.0 Å². The molecule has 5 heteroatoms. The summed E-state index contributed by atoms with van der Waals surface area (Å²) in [5.74, 6) is 0.346. The van der Waals surface area contributed by atoms with E-state index in [1.807, 2.05) is 56.6 Å². The summed E-state index contributed by atoms with van der Waals surface area (Å²) in [7, 11) is 0. The smallest absolute Gasteiger partial charge is 0.293 e. The van der Waals surface area contributed by atoms with Crippen LogP contribution in [0.2, 0.25) is 0 Å². The number of aliphatic imine (C=N–C) groups is 1. The molecule has 166 valence electrons. The zero-order valence-corrected chi connectivity index (χ0v) is 20.3. The maximum atomic E-state index is 13.5. The summed E-state index contributed by atoms with van der Waals surface area (Å²) in [5.41, 5.74) is 6.16. The average Bonchev–Trinajstić information content (AvgIpc) is 2.98. The fourth-order valence-corrected chi connectivity index (χ4v) is 4.83. The van der Waals surface area contributed by atoms with E-state index < -0.39 is 0 Å². The van der Waals surface area contributed by atoms with Crippen molar-refractivity contribution >= 4 is 11.6 Å². The first-order valence-corrected chi connectivity index (χ1v) is 10.8. The van der Waals surface area contributed by atoms with Gasteiger partial charge >= 0.3 is 0 Å². The van der Waals surface area contributed by atoms with Gasteiger partial charge < -0.3 is 10.8 Å². The van der Waals surface area contributed by atoms with Crippen molar-refractivity contribution in [2.75, 3.05) is 0 Å². The molecule has 1 aromatic heterocycles. The van der Waals surface area contributed by atoms with E-state index in [9.17, 15) is 5.11 Å². The normalized spacial score (nSPS) is 14.3. The Balaban J connectivity index is 2.68. The van der Waals surface area contributed by atoms with Crippen molar-refractivity contribution in [2.24, 2.45) is 16.1 Å². The second-order valence-corrected chi connectivity index (χ2v) is 11.6. The minimum atomic E-state index is -0.365. The topological polar surface area (TPSA) is 70.2 Å². The van der Waals surface area contributed by atoms with Gasteiger partial charge in [-0.3, -0.25) is 4.99 Å². The molecule has 0 radical (unpaired) electrons. The Morgan fingerprint density at radius 1 is 0.967 bits per heavy atom. The second kappa shape index (κ2) is 8.18. The quantitative estimate of drug-likeness (QED) is 0.420. The van der Waals surface area contributed by atoms with Crippen molar-refractivity contribution in [1.29, 1.82) is 0 Å². The first-order valence-electron chi connectivity index (χ1n) is 10.8. The van der Waals surface area contributed by atoms with Crippen LogP contribution in [0.1, 0.15) is 81.0 Å². The van der Waals surface area contributed by atoms with Gasteiger partial charge in [-0.2, -0.15) is 0 Å². The van der Waals surface area contributed by atoms with Crippen LogP contribution < -0.4 is 15.4 Å². The van der Waals surface area contributed by atoms with Crippen LogP contribution >= 0.6 is 0 Å². The first-order chi connectivity index (χ1) is 13.5. The number of nitrogens with two attached hydrogens (primary N) is 1. The third-order valence-corrected chi connectivity index (χ3v) is 5.15. The lowest BCUT2D eigenvalue weighted by molar-refractivity contribution is -0.761. The number of benzene rings is 1. The highest BCUT2D eigenvalue weighted by atomic mass is 16.3. The lowest BCUT2D eigenvalue weighted by Gasteiger charge is -2.33. The minimum Gasteiger partial charge on any atom is -0.853 e. The van der Waals surface area contributed by atoms with Crippen LogP contribution in [0.4, 0.5) is 5.69 Å². The Bertz CT molecular complexity index is 833. The molecule has 0 saturated heterocycles. The maximum absolute atomic E-state index is 13.5. The standard InChI is InChI=1S/C25H40N4O/c1-22(2,3)17-24(6,7)28-15-16-29(25(8,9)18-23(4,5)26)21(28)20(30)27-19-13-11-10-12-14-19/h10-16H,17-18,26H2,1-9H3. The minimum absolute atomic E-state index is 0.115. The van der Waals surface area contributed by atoms with Gasteiger partial charge in [-0.25, -0.2) is 9.13 Å². The van der Waals surface area contributed by atoms with Crippen LogP contribution in [0.5, 0.6) is 0 Å². The monoisotopic (exact) mass is 412 g/mol. The van der Waals surface area contributed by atoms with E-state index in [-0.39, 0.29) is 27.9 Å². The van der Waals surface area contributed by atoms with Crippen molar-refractivity contribution in [1.82, 2.24) is 4.57 Å². The van der Waals surface area contributed by atoms with E-state index in [4.69, 9.17) is 5.73 Å². The van der Waals surface area contributed by atoms with E-state index in [0.29, 0.717) is 11.5 Å². The highest BCUT2D eigenvalue weighted by Crippen LogP contribution is 2.33. The van der Waals surface area contributed by atoms with Gasteiger partial charge in [0.15, 0.2) is 0 Å². The fraction of sp³-hybridized carbons (Fsp3) is 0.600. The molecule has 1 heterocycles. The molecule has 0 spiro atoms. The largest absolute Gasteiger partial charge is 0.853 e. The molecule has 1 aromatic carbocycles. The molecule has 0 amide bonds. The molecule has 0 aliphatic carbocycles. The van der Waals surface area contributed by atoms with Gasteiger partial charge in [-0.05, 0) is 65.5 Å².